The zero-order valence-electron chi connectivity index (χ0n) is 31.7. The molecule has 1 aliphatic heterocycles. The molecule has 0 amide bonds. The van der Waals surface area contributed by atoms with Crippen LogP contribution in [0.1, 0.15) is 84.4 Å². The van der Waals surface area contributed by atoms with E-state index in [0.29, 0.717) is 11.6 Å². The highest BCUT2D eigenvalue weighted by Gasteiger charge is 2.54. The van der Waals surface area contributed by atoms with E-state index in [-0.39, 0.29) is 34.3 Å². The van der Waals surface area contributed by atoms with Crippen molar-refractivity contribution in [3.63, 3.8) is 0 Å². The number of rotatable bonds is 11. The topological polar surface area (TPSA) is 110 Å². The summed E-state index contributed by atoms with van der Waals surface area (Å²) in [6.07, 6.45) is 2.35. The van der Waals surface area contributed by atoms with Crippen molar-refractivity contribution in [3.8, 4) is 11.3 Å². The van der Waals surface area contributed by atoms with E-state index < -0.39 is 22.9 Å². The standard InChI is InChI=1S/C37H57N5O4SSi2/c1-23(2)26-19-42(34-29(26)33(38)39-22-40-34)35-32(46-49(12,13)37(7,8)9)31(45-48(10,11)36(4,5)6)28(43-35)21-47-20-27-24(3)41-44-30(27)25-17-15-14-16-18-25/h14-19,22-23,28,31-32,35H,20-21H2,1-13H3,(H2,38,39,40)/t28-,31-,32-,35-/m1/s1. The number of nitrogen functional groups attached to an aromatic ring is 1. The molecule has 1 saturated heterocycles. The van der Waals surface area contributed by atoms with Gasteiger partial charge in [-0.25, -0.2) is 9.97 Å². The van der Waals surface area contributed by atoms with Crippen molar-refractivity contribution in [2.45, 2.75) is 135 Å². The number of thioether (sulfide) groups is 1. The Morgan fingerprint density at radius 3 is 2.14 bits per heavy atom. The molecule has 4 atom stereocenters. The first-order valence-corrected chi connectivity index (χ1v) is 24.4. The number of nitrogens with zero attached hydrogens (tertiary/aromatic N) is 4. The Bertz CT molecular complexity index is 1740. The van der Waals surface area contributed by atoms with Crippen molar-refractivity contribution in [2.75, 3.05) is 11.5 Å². The number of nitrogens with two attached hydrogens (primary N) is 1. The second kappa shape index (κ2) is 13.9. The van der Waals surface area contributed by atoms with Gasteiger partial charge in [0.25, 0.3) is 0 Å². The van der Waals surface area contributed by atoms with Gasteiger partial charge in [0.05, 0.1) is 17.2 Å². The maximum Gasteiger partial charge on any atom is 0.192 e. The molecule has 0 spiro atoms. The third-order valence-corrected chi connectivity index (χ3v) is 20.9. The first-order chi connectivity index (χ1) is 22.7. The Balaban J connectivity index is 1.57. The first kappa shape index (κ1) is 37.8. The molecule has 9 nitrogen and oxygen atoms in total. The van der Waals surface area contributed by atoms with Crippen LogP contribution in [-0.4, -0.2) is 60.4 Å². The van der Waals surface area contributed by atoms with Gasteiger partial charge < -0.3 is 28.4 Å². The minimum Gasteiger partial charge on any atom is -0.408 e. The van der Waals surface area contributed by atoms with Crippen LogP contribution in [0.4, 0.5) is 5.82 Å². The predicted molar refractivity (Wildman–Crippen MR) is 207 cm³/mol. The molecule has 4 aromatic rings. The van der Waals surface area contributed by atoms with Crippen LogP contribution in [0.3, 0.4) is 0 Å². The highest BCUT2D eigenvalue weighted by atomic mass is 32.2. The van der Waals surface area contributed by atoms with Crippen LogP contribution in [0.2, 0.25) is 36.3 Å². The number of hydrogen-bond donors (Lipinski definition) is 1. The summed E-state index contributed by atoms with van der Waals surface area (Å²) in [7, 11) is -4.57. The molecule has 1 aliphatic rings. The largest absolute Gasteiger partial charge is 0.408 e. The van der Waals surface area contributed by atoms with Gasteiger partial charge in [-0.1, -0.05) is 90.9 Å². The molecule has 2 N–H and O–H groups in total. The van der Waals surface area contributed by atoms with Crippen LogP contribution in [0, 0.1) is 6.92 Å². The monoisotopic (exact) mass is 723 g/mol. The van der Waals surface area contributed by atoms with Crippen molar-refractivity contribution in [3.05, 3.63) is 59.7 Å². The third kappa shape index (κ3) is 7.60. The zero-order valence-corrected chi connectivity index (χ0v) is 34.6. The quantitative estimate of drug-likeness (QED) is 0.151. The van der Waals surface area contributed by atoms with Crippen LogP contribution in [-0.2, 0) is 19.3 Å². The van der Waals surface area contributed by atoms with Crippen LogP contribution < -0.4 is 5.73 Å². The molecule has 268 valence electrons. The maximum atomic E-state index is 7.41. The van der Waals surface area contributed by atoms with Gasteiger partial charge >= 0.3 is 0 Å². The fourth-order valence-corrected chi connectivity index (χ4v) is 9.56. The van der Waals surface area contributed by atoms with Crippen LogP contribution in [0.5, 0.6) is 0 Å². The minimum atomic E-state index is -2.30. The van der Waals surface area contributed by atoms with Gasteiger partial charge in [-0.05, 0) is 54.7 Å². The second-order valence-electron chi connectivity index (χ2n) is 16.8. The molecule has 0 bridgehead atoms. The van der Waals surface area contributed by atoms with Gasteiger partial charge in [-0.3, -0.25) is 0 Å². The number of ether oxygens (including phenoxy) is 1. The molecular weight excluding hydrogens is 667 g/mol. The van der Waals surface area contributed by atoms with Gasteiger partial charge in [0.15, 0.2) is 28.6 Å². The summed E-state index contributed by atoms with van der Waals surface area (Å²) in [6.45, 7) is 29.3. The van der Waals surface area contributed by atoms with E-state index in [4.69, 9.17) is 28.8 Å². The highest BCUT2D eigenvalue weighted by Crippen LogP contribution is 2.47. The molecular formula is C37H57N5O4SSi2. The Labute approximate surface area is 299 Å². The molecule has 0 unspecified atom stereocenters. The normalized spacial score (nSPS) is 20.9. The van der Waals surface area contributed by atoms with E-state index in [2.05, 4.69) is 115 Å². The molecule has 12 heteroatoms. The van der Waals surface area contributed by atoms with E-state index in [1.165, 1.54) is 0 Å². The van der Waals surface area contributed by atoms with Crippen molar-refractivity contribution in [1.82, 2.24) is 19.7 Å². The average Bonchev–Trinajstić information content (AvgIpc) is 3.67. The Morgan fingerprint density at radius 1 is 0.939 bits per heavy atom. The smallest absolute Gasteiger partial charge is 0.192 e. The lowest BCUT2D eigenvalue weighted by Crippen LogP contribution is -2.53. The summed E-state index contributed by atoms with van der Waals surface area (Å²) in [6, 6.07) is 10.2. The van der Waals surface area contributed by atoms with Crippen molar-refractivity contribution in [2.24, 2.45) is 0 Å². The Kier molecular flexibility index (Phi) is 10.7. The lowest BCUT2D eigenvalue weighted by molar-refractivity contribution is -0.0245. The highest BCUT2D eigenvalue weighted by molar-refractivity contribution is 7.98. The Hall–Kier alpha value is -2.49. The first-order valence-electron chi connectivity index (χ1n) is 17.4. The summed E-state index contributed by atoms with van der Waals surface area (Å²) in [5.74, 6) is 2.96. The summed E-state index contributed by atoms with van der Waals surface area (Å²) in [5.41, 5.74) is 11.4. The molecule has 3 aromatic heterocycles. The zero-order chi connectivity index (χ0) is 36.1. The minimum absolute atomic E-state index is 0.00109. The summed E-state index contributed by atoms with van der Waals surface area (Å²) >= 11 is 1.82. The van der Waals surface area contributed by atoms with Crippen molar-refractivity contribution in [1.29, 1.82) is 0 Å². The van der Waals surface area contributed by atoms with Crippen molar-refractivity contribution >= 4 is 45.2 Å². The van der Waals surface area contributed by atoms with Gasteiger partial charge in [-0.15, -0.1) is 0 Å². The van der Waals surface area contributed by atoms with Gasteiger partial charge in [-0.2, -0.15) is 11.8 Å². The molecule has 5 rings (SSSR count). The average molecular weight is 724 g/mol. The van der Waals surface area contributed by atoms with E-state index >= 15 is 0 Å². The Morgan fingerprint density at radius 2 is 1.55 bits per heavy atom. The third-order valence-electron chi connectivity index (χ3n) is 10.9. The van der Waals surface area contributed by atoms with Crippen LogP contribution >= 0.6 is 11.8 Å². The maximum absolute atomic E-state index is 7.41. The summed E-state index contributed by atoms with van der Waals surface area (Å²) in [5, 5.41) is 5.20. The number of anilines is 1. The molecule has 49 heavy (non-hydrogen) atoms. The molecule has 0 aliphatic carbocycles. The second-order valence-corrected chi connectivity index (χ2v) is 27.4. The van der Waals surface area contributed by atoms with Gasteiger partial charge in [0, 0.05) is 28.8 Å². The van der Waals surface area contributed by atoms with Gasteiger partial charge in [0.1, 0.15) is 30.0 Å². The van der Waals surface area contributed by atoms with Gasteiger partial charge in [0.2, 0.25) is 0 Å². The van der Waals surface area contributed by atoms with E-state index in [1.807, 2.05) is 36.9 Å². The van der Waals surface area contributed by atoms with E-state index in [9.17, 15) is 0 Å². The molecule has 1 fully saturated rings. The number of fused-ring (bicyclic) bond motifs is 1. The SMILES string of the molecule is Cc1noc(-c2ccccc2)c1CSC[C@H]1O[C@@H](n2cc(C(C)C)c3c(N)ncnc32)[C@H](O[Si](C)(C)C(C)(C)C)[C@@H]1O[Si](C)(C)C(C)(C)C. The molecule has 4 heterocycles. The number of benzene rings is 1. The molecule has 0 saturated carbocycles. The number of aryl methyl sites for hydroxylation is 1. The lowest BCUT2D eigenvalue weighted by Gasteiger charge is -2.44. The fourth-order valence-electron chi connectivity index (χ4n) is 5.79. The lowest BCUT2D eigenvalue weighted by atomic mass is 10.0. The van der Waals surface area contributed by atoms with Crippen molar-refractivity contribution < 1.29 is 18.1 Å². The van der Waals surface area contributed by atoms with E-state index in [1.54, 1.807) is 6.33 Å². The number of aromatic nitrogens is 4. The van der Waals surface area contributed by atoms with Crippen LogP contribution in [0.15, 0.2) is 47.4 Å². The molecule has 0 radical (unpaired) electrons. The van der Waals surface area contributed by atoms with Crippen LogP contribution in [0.25, 0.3) is 22.4 Å². The summed E-state index contributed by atoms with van der Waals surface area (Å²) in [4.78, 5) is 9.13. The number of hydrogen-bond acceptors (Lipinski definition) is 9. The molecule has 1 aromatic carbocycles. The fraction of sp³-hybridized carbons (Fsp3) is 0.595. The predicted octanol–water partition coefficient (Wildman–Crippen LogP) is 9.71. The summed E-state index contributed by atoms with van der Waals surface area (Å²) < 4.78 is 30.0. The van der Waals surface area contributed by atoms with E-state index in [0.717, 1.165) is 44.9 Å².